The number of aryl methyl sites for hydroxylation is 1. The summed E-state index contributed by atoms with van der Waals surface area (Å²) in [4.78, 5) is 15.1. The lowest BCUT2D eigenvalue weighted by molar-refractivity contribution is 0.188. The van der Waals surface area contributed by atoms with Gasteiger partial charge in [0.25, 0.3) is 0 Å². The van der Waals surface area contributed by atoms with Crippen LogP contribution in [0.1, 0.15) is 57.9 Å². The molecule has 8 heteroatoms. The van der Waals surface area contributed by atoms with E-state index in [1.807, 2.05) is 30.5 Å². The van der Waals surface area contributed by atoms with E-state index in [0.29, 0.717) is 23.0 Å². The second-order valence-electron chi connectivity index (χ2n) is 9.89. The molecule has 1 saturated carbocycles. The van der Waals surface area contributed by atoms with E-state index in [1.165, 1.54) is 50.9 Å². The molecule has 0 radical (unpaired) electrons. The number of rotatable bonds is 7. The number of nitrogens with one attached hydrogen (secondary N) is 1. The van der Waals surface area contributed by atoms with Gasteiger partial charge in [0, 0.05) is 24.6 Å². The van der Waals surface area contributed by atoms with Gasteiger partial charge in [-0.3, -0.25) is 9.97 Å². The summed E-state index contributed by atoms with van der Waals surface area (Å²) in [5, 5.41) is 7.61. The molecule has 1 aliphatic carbocycles. The minimum atomic E-state index is -0.441. The molecule has 0 atom stereocenters. The van der Waals surface area contributed by atoms with Crippen molar-refractivity contribution in [1.29, 1.82) is 0 Å². The Balaban J connectivity index is 0.000000225. The molecule has 0 spiro atoms. The lowest BCUT2D eigenvalue weighted by Gasteiger charge is -2.32. The number of anilines is 2. The van der Waals surface area contributed by atoms with Crippen molar-refractivity contribution in [2.45, 2.75) is 64.8 Å². The van der Waals surface area contributed by atoms with Gasteiger partial charge in [-0.25, -0.2) is 13.9 Å². The summed E-state index contributed by atoms with van der Waals surface area (Å²) >= 11 is 0. The van der Waals surface area contributed by atoms with Crippen LogP contribution in [-0.2, 0) is 6.42 Å². The first kappa shape index (κ1) is 26.7. The molecule has 4 aromatic rings. The smallest absolute Gasteiger partial charge is 0.200 e. The van der Waals surface area contributed by atoms with Crippen LogP contribution in [0.2, 0.25) is 0 Å². The van der Waals surface area contributed by atoms with E-state index in [1.54, 1.807) is 16.8 Å². The fourth-order valence-electron chi connectivity index (χ4n) is 5.03. The fourth-order valence-corrected chi connectivity index (χ4v) is 5.03. The Labute approximate surface area is 219 Å². The summed E-state index contributed by atoms with van der Waals surface area (Å²) in [5.41, 5.74) is 2.85. The van der Waals surface area contributed by atoms with Gasteiger partial charge in [-0.05, 0) is 81.9 Å². The third-order valence-electron chi connectivity index (χ3n) is 7.14. The monoisotopic (exact) mass is 503 g/mol. The van der Waals surface area contributed by atoms with Crippen LogP contribution in [0, 0.1) is 11.7 Å². The second-order valence-corrected chi connectivity index (χ2v) is 9.89. The summed E-state index contributed by atoms with van der Waals surface area (Å²) in [5.74, 6) is 1.60. The van der Waals surface area contributed by atoms with E-state index < -0.39 is 5.82 Å². The Morgan fingerprint density at radius 3 is 2.51 bits per heavy atom. The van der Waals surface area contributed by atoms with E-state index >= 15 is 0 Å². The number of hydrogen-bond donors (Lipinski definition) is 1. The molecule has 1 aliphatic rings. The van der Waals surface area contributed by atoms with Crippen LogP contribution in [0.5, 0.6) is 0 Å². The second kappa shape index (κ2) is 12.7. The molecule has 1 fully saturated rings. The average molecular weight is 504 g/mol. The van der Waals surface area contributed by atoms with Crippen LogP contribution >= 0.6 is 0 Å². The SMILES string of the molecule is CCCC1CCC(N(C)C)CC1.CCc1ccn2nc(-c3ccccn3)nc(Nc3ccncc3F)c12. The maximum absolute atomic E-state index is 14.0. The molecule has 4 heterocycles. The van der Waals surface area contributed by atoms with Crippen molar-refractivity contribution in [1.82, 2.24) is 29.5 Å². The summed E-state index contributed by atoms with van der Waals surface area (Å²) in [6.45, 7) is 4.36. The molecule has 5 rings (SSSR count). The fraction of sp³-hybridized carbons (Fsp3) is 0.448. The largest absolute Gasteiger partial charge is 0.336 e. The zero-order valence-corrected chi connectivity index (χ0v) is 22.4. The van der Waals surface area contributed by atoms with Gasteiger partial charge in [0.15, 0.2) is 11.6 Å². The summed E-state index contributed by atoms with van der Waals surface area (Å²) < 4.78 is 15.8. The zero-order valence-electron chi connectivity index (χ0n) is 22.4. The quantitative estimate of drug-likeness (QED) is 0.309. The Bertz CT molecular complexity index is 1260. The number of fused-ring (bicyclic) bond motifs is 1. The van der Waals surface area contributed by atoms with Crippen molar-refractivity contribution >= 4 is 17.0 Å². The highest BCUT2D eigenvalue weighted by atomic mass is 19.1. The summed E-state index contributed by atoms with van der Waals surface area (Å²) in [7, 11) is 4.43. The van der Waals surface area contributed by atoms with Crippen molar-refractivity contribution in [3.05, 3.63) is 66.5 Å². The number of nitrogens with zero attached hydrogens (tertiary/aromatic N) is 6. The van der Waals surface area contributed by atoms with Gasteiger partial charge in [-0.15, -0.1) is 5.10 Å². The molecule has 0 amide bonds. The summed E-state index contributed by atoms with van der Waals surface area (Å²) in [6.07, 6.45) is 15.7. The highest BCUT2D eigenvalue weighted by Gasteiger charge is 2.21. The van der Waals surface area contributed by atoms with Gasteiger partial charge >= 0.3 is 0 Å². The minimum Gasteiger partial charge on any atom is -0.336 e. The van der Waals surface area contributed by atoms with Crippen molar-refractivity contribution in [3.63, 3.8) is 0 Å². The first-order valence-electron chi connectivity index (χ1n) is 13.3. The van der Waals surface area contributed by atoms with E-state index in [-0.39, 0.29) is 0 Å². The zero-order chi connectivity index (χ0) is 26.2. The lowest BCUT2D eigenvalue weighted by Crippen LogP contribution is -2.32. The maximum atomic E-state index is 14.0. The third kappa shape index (κ3) is 6.68. The Morgan fingerprint density at radius 1 is 1.05 bits per heavy atom. The Morgan fingerprint density at radius 2 is 1.86 bits per heavy atom. The first-order chi connectivity index (χ1) is 18.0. The molecule has 0 saturated heterocycles. The Kier molecular flexibility index (Phi) is 9.17. The van der Waals surface area contributed by atoms with Crippen LogP contribution in [0.25, 0.3) is 17.0 Å². The van der Waals surface area contributed by atoms with Gasteiger partial charge in [0.05, 0.1) is 11.9 Å². The number of pyridine rings is 2. The Hall–Kier alpha value is -3.39. The van der Waals surface area contributed by atoms with Gasteiger partial charge in [-0.2, -0.15) is 0 Å². The molecule has 7 nitrogen and oxygen atoms in total. The first-order valence-corrected chi connectivity index (χ1v) is 13.3. The maximum Gasteiger partial charge on any atom is 0.200 e. The normalized spacial score (nSPS) is 17.5. The molecule has 0 aliphatic heterocycles. The molecule has 0 unspecified atom stereocenters. The van der Waals surface area contributed by atoms with Crippen LogP contribution in [0.15, 0.2) is 55.1 Å². The number of aromatic nitrogens is 5. The van der Waals surface area contributed by atoms with Gasteiger partial charge in [0.2, 0.25) is 5.82 Å². The topological polar surface area (TPSA) is 71.2 Å². The number of hydrogen-bond acceptors (Lipinski definition) is 6. The van der Waals surface area contributed by atoms with Gasteiger partial charge in [-0.1, -0.05) is 32.8 Å². The van der Waals surface area contributed by atoms with E-state index in [9.17, 15) is 4.39 Å². The molecular formula is C29H38FN7. The van der Waals surface area contributed by atoms with Crippen molar-refractivity contribution < 1.29 is 4.39 Å². The van der Waals surface area contributed by atoms with Crippen LogP contribution in [0.3, 0.4) is 0 Å². The van der Waals surface area contributed by atoms with Gasteiger partial charge < -0.3 is 10.2 Å². The van der Waals surface area contributed by atoms with Crippen LogP contribution < -0.4 is 5.32 Å². The molecule has 0 aromatic carbocycles. The van der Waals surface area contributed by atoms with Crippen molar-refractivity contribution in [3.8, 4) is 11.5 Å². The molecule has 196 valence electrons. The van der Waals surface area contributed by atoms with Gasteiger partial charge in [0.1, 0.15) is 11.2 Å². The predicted octanol–water partition coefficient (Wildman–Crippen LogP) is 6.54. The minimum absolute atomic E-state index is 0.311. The molecule has 37 heavy (non-hydrogen) atoms. The molecule has 1 N–H and O–H groups in total. The van der Waals surface area contributed by atoms with Crippen LogP contribution in [0.4, 0.5) is 15.9 Å². The summed E-state index contributed by atoms with van der Waals surface area (Å²) in [6, 6.07) is 9.97. The molecule has 0 bridgehead atoms. The number of halogens is 1. The average Bonchev–Trinajstić information content (AvgIpc) is 3.35. The van der Waals surface area contributed by atoms with Crippen LogP contribution in [-0.4, -0.2) is 49.6 Å². The lowest BCUT2D eigenvalue weighted by atomic mass is 9.83. The van der Waals surface area contributed by atoms with E-state index in [0.717, 1.165) is 29.5 Å². The highest BCUT2D eigenvalue weighted by Crippen LogP contribution is 2.29. The van der Waals surface area contributed by atoms with Crippen molar-refractivity contribution in [2.75, 3.05) is 19.4 Å². The predicted molar refractivity (Wildman–Crippen MR) is 147 cm³/mol. The van der Waals surface area contributed by atoms with E-state index in [2.05, 4.69) is 58.2 Å². The highest BCUT2D eigenvalue weighted by molar-refractivity contribution is 5.78. The van der Waals surface area contributed by atoms with Crippen molar-refractivity contribution in [2.24, 2.45) is 5.92 Å². The van der Waals surface area contributed by atoms with E-state index in [4.69, 9.17) is 0 Å². The molecular weight excluding hydrogens is 465 g/mol. The molecule has 4 aromatic heterocycles. The third-order valence-corrected chi connectivity index (χ3v) is 7.14. The standard InChI is InChI=1S/C18H15FN6.C11H23N/c1-2-12-7-10-25-16(12)18(22-14-6-9-20-11-13(14)19)23-17(24-25)15-5-3-4-8-21-15;1-4-5-10-6-8-11(9-7-10)12(2)3/h3-11H,2H2,1H3,(H,20,22,23,24);10-11H,4-9H2,1-3H3.